The van der Waals surface area contributed by atoms with Gasteiger partial charge in [0.25, 0.3) is 0 Å². The summed E-state index contributed by atoms with van der Waals surface area (Å²) in [7, 11) is 1.44. The molecule has 0 aliphatic carbocycles. The minimum absolute atomic E-state index is 0.0643. The number of fused-ring (bicyclic) bond motifs is 1. The van der Waals surface area contributed by atoms with E-state index in [9.17, 15) is 18.8 Å². The van der Waals surface area contributed by atoms with E-state index in [1.807, 2.05) is 13.8 Å². The molecule has 1 aromatic carbocycles. The molecule has 1 aliphatic heterocycles. The fourth-order valence-electron chi connectivity index (χ4n) is 2.84. The molecule has 1 unspecified atom stereocenters. The first-order valence-corrected chi connectivity index (χ1v) is 10.9. The van der Waals surface area contributed by atoms with E-state index in [2.05, 4.69) is 35.2 Å². The highest BCUT2D eigenvalue weighted by Crippen LogP contribution is 2.22. The average molecular weight is 462 g/mol. The fraction of sp³-hybridized carbons (Fsp3) is 0.480. The molecule has 0 radical (unpaired) electrons. The summed E-state index contributed by atoms with van der Waals surface area (Å²) in [6, 6.07) is 4.30. The number of allylic oxidation sites excluding steroid dienone is 1. The van der Waals surface area contributed by atoms with Crippen molar-refractivity contribution in [2.24, 2.45) is 0 Å². The summed E-state index contributed by atoms with van der Waals surface area (Å²) in [5, 5.41) is 8.58. The van der Waals surface area contributed by atoms with E-state index in [0.29, 0.717) is 19.1 Å². The summed E-state index contributed by atoms with van der Waals surface area (Å²) >= 11 is 0. The Kier molecular flexibility index (Phi) is 15.7. The molecule has 1 aliphatic rings. The van der Waals surface area contributed by atoms with Crippen molar-refractivity contribution in [1.29, 1.82) is 0 Å². The van der Waals surface area contributed by atoms with Gasteiger partial charge in [-0.05, 0) is 50.5 Å². The number of nitrogens with one attached hydrogen (secondary N) is 3. The normalized spacial score (nSPS) is 12.8. The van der Waals surface area contributed by atoms with Crippen molar-refractivity contribution in [3.63, 3.8) is 0 Å². The number of ether oxygens (including phenoxy) is 1. The molecule has 1 aromatic rings. The lowest BCUT2D eigenvalue weighted by atomic mass is 10.1. The molecule has 0 bridgehead atoms. The van der Waals surface area contributed by atoms with Crippen LogP contribution in [0.25, 0.3) is 0 Å². The number of methoxy groups -OCH3 is 1. The van der Waals surface area contributed by atoms with Gasteiger partial charge in [-0.3, -0.25) is 9.59 Å². The molecule has 8 heteroatoms. The summed E-state index contributed by atoms with van der Waals surface area (Å²) in [5.74, 6) is 1.75. The molecule has 1 heterocycles. The van der Waals surface area contributed by atoms with Gasteiger partial charge in [-0.25, -0.2) is 4.39 Å². The van der Waals surface area contributed by atoms with Gasteiger partial charge in [0.15, 0.2) is 6.29 Å². The van der Waals surface area contributed by atoms with Crippen molar-refractivity contribution >= 4 is 23.8 Å². The maximum Gasteiger partial charge on any atom is 0.249 e. The van der Waals surface area contributed by atoms with Gasteiger partial charge in [-0.15, -0.1) is 12.3 Å². The quantitative estimate of drug-likeness (QED) is 0.215. The number of rotatable bonds is 10. The number of anilines is 1. The molecule has 7 nitrogen and oxygen atoms in total. The Hall–Kier alpha value is -3.18. The van der Waals surface area contributed by atoms with Gasteiger partial charge in [-0.2, -0.15) is 0 Å². The summed E-state index contributed by atoms with van der Waals surface area (Å²) in [4.78, 5) is 33.4. The van der Waals surface area contributed by atoms with Gasteiger partial charge in [0.05, 0.1) is 13.0 Å². The van der Waals surface area contributed by atoms with Crippen molar-refractivity contribution in [1.82, 2.24) is 10.6 Å². The number of aldehydes is 1. The zero-order valence-corrected chi connectivity index (χ0v) is 20.2. The molecule has 33 heavy (non-hydrogen) atoms. The van der Waals surface area contributed by atoms with E-state index in [-0.39, 0.29) is 24.2 Å². The van der Waals surface area contributed by atoms with Crippen molar-refractivity contribution in [3.8, 4) is 12.3 Å². The molecule has 1 atom stereocenters. The number of amides is 2. The molecule has 2 rings (SSSR count). The lowest BCUT2D eigenvalue weighted by molar-refractivity contribution is -0.120. The average Bonchev–Trinajstić information content (AvgIpc) is 3.15. The summed E-state index contributed by atoms with van der Waals surface area (Å²) in [6.07, 6.45) is 7.83. The van der Waals surface area contributed by atoms with Crippen LogP contribution < -0.4 is 16.0 Å². The molecule has 3 N–H and O–H groups in total. The van der Waals surface area contributed by atoms with Crippen LogP contribution in [0.1, 0.15) is 52.5 Å². The van der Waals surface area contributed by atoms with Crippen LogP contribution in [0.15, 0.2) is 29.5 Å². The number of benzene rings is 1. The Morgan fingerprint density at radius 3 is 2.58 bits per heavy atom. The topological polar surface area (TPSA) is 96.5 Å². The predicted molar refractivity (Wildman–Crippen MR) is 129 cm³/mol. The molecule has 0 aromatic heterocycles. The highest BCUT2D eigenvalue weighted by molar-refractivity contribution is 5.99. The van der Waals surface area contributed by atoms with E-state index in [0.717, 1.165) is 41.9 Å². The number of unbranched alkanes of at least 4 members (excludes halogenated alkanes) is 1. The molecule has 0 spiro atoms. The second-order valence-corrected chi connectivity index (χ2v) is 7.17. The predicted octanol–water partition coefficient (Wildman–Crippen LogP) is 3.35. The zero-order valence-electron chi connectivity index (χ0n) is 20.2. The smallest absolute Gasteiger partial charge is 0.249 e. The first kappa shape index (κ1) is 29.8. The van der Waals surface area contributed by atoms with Gasteiger partial charge in [0, 0.05) is 30.6 Å². The first-order valence-electron chi connectivity index (χ1n) is 10.9. The Labute approximate surface area is 196 Å². The van der Waals surface area contributed by atoms with Crippen LogP contribution in [0, 0.1) is 18.2 Å². The standard InChI is InChI=1S/C14H26N2O3.C8H6FNO.C3H4/c1-5-7-8-15-11(3)13(6-2)14(18)16-9-12(10-17)19-4;9-6-1-2-7-5(3-6)4-8(11)10-7;1-3-2/h10,12,15H,5-9H2,1-4H3,(H,16,18);1-3H,4H2,(H,10,11);1H,2H3/b13-11+;;. The Morgan fingerprint density at radius 1 is 1.36 bits per heavy atom. The molecule has 0 saturated carbocycles. The van der Waals surface area contributed by atoms with Gasteiger partial charge in [-0.1, -0.05) is 20.3 Å². The Morgan fingerprint density at radius 2 is 2.03 bits per heavy atom. The third-order valence-electron chi connectivity index (χ3n) is 4.61. The maximum absolute atomic E-state index is 12.5. The molecule has 2 amide bonds. The second-order valence-electron chi connectivity index (χ2n) is 7.17. The third-order valence-corrected chi connectivity index (χ3v) is 4.61. The molecule has 0 saturated heterocycles. The summed E-state index contributed by atoms with van der Waals surface area (Å²) in [6.45, 7) is 8.69. The SMILES string of the molecule is C#CC.CCCCN/C(C)=C(\CC)C(=O)NCC(C=O)OC.O=C1Cc2cc(F)ccc2N1. The van der Waals surface area contributed by atoms with E-state index in [1.54, 1.807) is 13.0 Å². The van der Waals surface area contributed by atoms with Gasteiger partial charge < -0.3 is 25.5 Å². The maximum atomic E-state index is 12.5. The van der Waals surface area contributed by atoms with E-state index in [1.165, 1.54) is 19.2 Å². The number of hydrogen-bond donors (Lipinski definition) is 3. The van der Waals surface area contributed by atoms with Crippen molar-refractivity contribution < 1.29 is 23.5 Å². The largest absolute Gasteiger partial charge is 0.388 e. The summed E-state index contributed by atoms with van der Waals surface area (Å²) in [5.41, 5.74) is 3.09. The molecular weight excluding hydrogens is 425 g/mol. The van der Waals surface area contributed by atoms with Crippen molar-refractivity contribution in [2.45, 2.75) is 59.5 Å². The number of terminal acetylenes is 1. The second kappa shape index (κ2) is 17.4. The van der Waals surface area contributed by atoms with Gasteiger partial charge in [0.1, 0.15) is 11.9 Å². The fourth-order valence-corrected chi connectivity index (χ4v) is 2.84. The van der Waals surface area contributed by atoms with Crippen LogP contribution in [-0.4, -0.2) is 44.4 Å². The monoisotopic (exact) mass is 461 g/mol. The number of carbonyl (C=O) groups is 3. The summed E-state index contributed by atoms with van der Waals surface area (Å²) < 4.78 is 17.4. The highest BCUT2D eigenvalue weighted by Gasteiger charge is 2.17. The minimum Gasteiger partial charge on any atom is -0.388 e. The highest BCUT2D eigenvalue weighted by atomic mass is 19.1. The van der Waals surface area contributed by atoms with Crippen LogP contribution in [0.5, 0.6) is 0 Å². The zero-order chi connectivity index (χ0) is 25.2. The Bertz CT molecular complexity index is 847. The molecule has 182 valence electrons. The number of hydrogen-bond acceptors (Lipinski definition) is 5. The number of carbonyl (C=O) groups excluding carboxylic acids is 3. The lowest BCUT2D eigenvalue weighted by Gasteiger charge is -2.14. The number of halogens is 1. The van der Waals surface area contributed by atoms with Crippen LogP contribution in [0.4, 0.5) is 10.1 Å². The van der Waals surface area contributed by atoms with E-state index >= 15 is 0 Å². The van der Waals surface area contributed by atoms with E-state index < -0.39 is 6.10 Å². The van der Waals surface area contributed by atoms with Crippen molar-refractivity contribution in [3.05, 3.63) is 40.8 Å². The van der Waals surface area contributed by atoms with Crippen LogP contribution in [-0.2, 0) is 25.5 Å². The molecule has 0 fully saturated rings. The van der Waals surface area contributed by atoms with Crippen LogP contribution >= 0.6 is 0 Å². The minimum atomic E-state index is -0.588. The first-order chi connectivity index (χ1) is 15.8. The Balaban J connectivity index is 0.000000607. The van der Waals surface area contributed by atoms with Gasteiger partial charge in [0.2, 0.25) is 11.8 Å². The molecular formula is C25H36FN3O4. The van der Waals surface area contributed by atoms with Crippen LogP contribution in [0.3, 0.4) is 0 Å². The van der Waals surface area contributed by atoms with Crippen LogP contribution in [0.2, 0.25) is 0 Å². The van der Waals surface area contributed by atoms with Gasteiger partial charge >= 0.3 is 0 Å². The third kappa shape index (κ3) is 11.9. The van der Waals surface area contributed by atoms with E-state index in [4.69, 9.17) is 4.74 Å². The van der Waals surface area contributed by atoms with Crippen molar-refractivity contribution in [2.75, 3.05) is 25.5 Å². The lowest BCUT2D eigenvalue weighted by Crippen LogP contribution is -2.35.